The summed E-state index contributed by atoms with van der Waals surface area (Å²) in [7, 11) is 0. The fraction of sp³-hybridized carbons (Fsp3) is 0.765. The summed E-state index contributed by atoms with van der Waals surface area (Å²) in [6, 6.07) is -0.472. The van der Waals surface area contributed by atoms with Gasteiger partial charge in [-0.05, 0) is 19.3 Å². The standard InChI is InChI=1S/C17H32N2O4/c1-2-3-6-10-15(20)11-9-14-19(17(18)23)13-8-5-4-7-12-16(21)22/h9,11,15,20H,2-8,10,12-14H2,1H3,(H2,18,23)(H,21,22)/b11-9+/t15-/m1/s1. The number of unbranched alkanes of at least 4 members (excludes halogenated alkanes) is 5. The molecular formula is C17H32N2O4. The second-order valence-electron chi connectivity index (χ2n) is 5.83. The minimum absolute atomic E-state index is 0.193. The zero-order valence-corrected chi connectivity index (χ0v) is 14.2. The zero-order chi connectivity index (χ0) is 17.5. The second-order valence-corrected chi connectivity index (χ2v) is 5.83. The number of aliphatic hydroxyl groups is 1. The van der Waals surface area contributed by atoms with Crippen LogP contribution < -0.4 is 5.73 Å². The highest BCUT2D eigenvalue weighted by Gasteiger charge is 2.07. The predicted octanol–water partition coefficient (Wildman–Crippen LogP) is 2.90. The third-order valence-electron chi connectivity index (χ3n) is 3.67. The van der Waals surface area contributed by atoms with Crippen molar-refractivity contribution in [3.05, 3.63) is 12.2 Å². The van der Waals surface area contributed by atoms with Crippen LogP contribution >= 0.6 is 0 Å². The molecular weight excluding hydrogens is 296 g/mol. The van der Waals surface area contributed by atoms with Gasteiger partial charge in [-0.3, -0.25) is 4.79 Å². The summed E-state index contributed by atoms with van der Waals surface area (Å²) < 4.78 is 0. The Morgan fingerprint density at radius 1 is 1.13 bits per heavy atom. The average molecular weight is 328 g/mol. The molecule has 134 valence electrons. The fourth-order valence-electron chi connectivity index (χ4n) is 2.27. The fourth-order valence-corrected chi connectivity index (χ4v) is 2.27. The van der Waals surface area contributed by atoms with E-state index in [1.807, 2.05) is 0 Å². The van der Waals surface area contributed by atoms with Crippen molar-refractivity contribution >= 4 is 12.0 Å². The van der Waals surface area contributed by atoms with E-state index in [0.29, 0.717) is 19.5 Å². The molecule has 0 radical (unpaired) electrons. The number of carboxylic acid groups (broad SMARTS) is 1. The van der Waals surface area contributed by atoms with Gasteiger partial charge in [-0.1, -0.05) is 51.2 Å². The number of aliphatic hydroxyl groups excluding tert-OH is 1. The second kappa shape index (κ2) is 14.1. The molecule has 0 bridgehead atoms. The smallest absolute Gasteiger partial charge is 0.315 e. The lowest BCUT2D eigenvalue weighted by atomic mass is 10.1. The molecule has 0 aromatic heterocycles. The number of nitrogens with two attached hydrogens (primary N) is 1. The van der Waals surface area contributed by atoms with Crippen LogP contribution in [0, 0.1) is 0 Å². The molecule has 6 nitrogen and oxygen atoms in total. The Hall–Kier alpha value is -1.56. The van der Waals surface area contributed by atoms with Gasteiger partial charge in [-0.2, -0.15) is 0 Å². The number of aliphatic carboxylic acids is 1. The lowest BCUT2D eigenvalue weighted by Crippen LogP contribution is -2.36. The lowest BCUT2D eigenvalue weighted by molar-refractivity contribution is -0.137. The summed E-state index contributed by atoms with van der Waals surface area (Å²) in [5, 5.41) is 18.3. The van der Waals surface area contributed by atoms with Crippen molar-refractivity contribution in [2.24, 2.45) is 5.73 Å². The number of primary amides is 1. The molecule has 0 unspecified atom stereocenters. The van der Waals surface area contributed by atoms with Gasteiger partial charge in [0.1, 0.15) is 0 Å². The molecule has 23 heavy (non-hydrogen) atoms. The minimum Gasteiger partial charge on any atom is -0.481 e. The monoisotopic (exact) mass is 328 g/mol. The van der Waals surface area contributed by atoms with E-state index in [1.54, 1.807) is 12.2 Å². The van der Waals surface area contributed by atoms with E-state index in [-0.39, 0.29) is 6.42 Å². The Bertz CT molecular complexity index is 359. The van der Waals surface area contributed by atoms with E-state index in [9.17, 15) is 14.7 Å². The number of hydrogen-bond acceptors (Lipinski definition) is 3. The van der Waals surface area contributed by atoms with Gasteiger partial charge in [0.2, 0.25) is 0 Å². The van der Waals surface area contributed by atoms with E-state index >= 15 is 0 Å². The van der Waals surface area contributed by atoms with Crippen LogP contribution in [0.5, 0.6) is 0 Å². The van der Waals surface area contributed by atoms with Crippen LogP contribution in [0.1, 0.15) is 64.7 Å². The van der Waals surface area contributed by atoms with Crippen molar-refractivity contribution < 1.29 is 19.8 Å². The minimum atomic E-state index is -0.772. The van der Waals surface area contributed by atoms with E-state index in [1.165, 1.54) is 4.90 Å². The molecule has 0 saturated carbocycles. The van der Waals surface area contributed by atoms with Crippen molar-refractivity contribution in [3.8, 4) is 0 Å². The number of carboxylic acids is 1. The molecule has 0 spiro atoms. The molecule has 0 aromatic carbocycles. The molecule has 0 heterocycles. The van der Waals surface area contributed by atoms with Crippen LogP contribution in [0.25, 0.3) is 0 Å². The number of amides is 2. The van der Waals surface area contributed by atoms with Crippen molar-refractivity contribution in [3.63, 3.8) is 0 Å². The van der Waals surface area contributed by atoms with E-state index < -0.39 is 18.1 Å². The quantitative estimate of drug-likeness (QED) is 0.337. The summed E-state index contributed by atoms with van der Waals surface area (Å²) in [5.74, 6) is -0.772. The van der Waals surface area contributed by atoms with Crippen molar-refractivity contribution in [1.29, 1.82) is 0 Å². The highest BCUT2D eigenvalue weighted by molar-refractivity contribution is 5.72. The van der Waals surface area contributed by atoms with E-state index in [2.05, 4.69) is 6.92 Å². The summed E-state index contributed by atoms with van der Waals surface area (Å²) in [5.41, 5.74) is 5.35. The number of hydrogen-bond donors (Lipinski definition) is 3. The number of carbonyl (C=O) groups excluding carboxylic acids is 1. The molecule has 4 N–H and O–H groups in total. The largest absolute Gasteiger partial charge is 0.481 e. The van der Waals surface area contributed by atoms with Crippen molar-refractivity contribution in [2.45, 2.75) is 70.8 Å². The van der Waals surface area contributed by atoms with Gasteiger partial charge in [-0.25, -0.2) is 4.79 Å². The highest BCUT2D eigenvalue weighted by atomic mass is 16.4. The Kier molecular flexibility index (Phi) is 13.1. The molecule has 0 saturated heterocycles. The number of nitrogens with zero attached hydrogens (tertiary/aromatic N) is 1. The van der Waals surface area contributed by atoms with Gasteiger partial charge in [-0.15, -0.1) is 0 Å². The molecule has 0 aliphatic rings. The first-order valence-corrected chi connectivity index (χ1v) is 8.58. The van der Waals surface area contributed by atoms with Crippen LogP contribution in [0.15, 0.2) is 12.2 Å². The molecule has 0 rings (SSSR count). The first kappa shape index (κ1) is 21.4. The first-order valence-electron chi connectivity index (χ1n) is 8.58. The maximum Gasteiger partial charge on any atom is 0.315 e. The maximum absolute atomic E-state index is 11.4. The molecule has 2 amide bonds. The Balaban J connectivity index is 3.89. The van der Waals surface area contributed by atoms with Crippen molar-refractivity contribution in [1.82, 2.24) is 4.90 Å². The normalized spacial score (nSPS) is 12.4. The number of urea groups is 1. The van der Waals surface area contributed by atoms with E-state index in [4.69, 9.17) is 10.8 Å². The SMILES string of the molecule is CCCCC[C@@H](O)/C=C/CN(CCCCCCC(=O)O)C(N)=O. The van der Waals surface area contributed by atoms with Gasteiger partial charge in [0.25, 0.3) is 0 Å². The molecule has 6 heteroatoms. The van der Waals surface area contributed by atoms with Gasteiger partial charge >= 0.3 is 12.0 Å². The third-order valence-corrected chi connectivity index (χ3v) is 3.67. The molecule has 1 atom stereocenters. The molecule has 0 aliphatic heterocycles. The van der Waals surface area contributed by atoms with Crippen molar-refractivity contribution in [2.75, 3.05) is 13.1 Å². The van der Waals surface area contributed by atoms with Crippen LogP contribution in [-0.4, -0.2) is 46.3 Å². The summed E-state index contributed by atoms with van der Waals surface area (Å²) >= 11 is 0. The topological polar surface area (TPSA) is 104 Å². The van der Waals surface area contributed by atoms with Crippen LogP contribution in [-0.2, 0) is 4.79 Å². The average Bonchev–Trinajstić information content (AvgIpc) is 2.48. The molecule has 0 aliphatic carbocycles. The van der Waals surface area contributed by atoms with Gasteiger partial charge in [0, 0.05) is 19.5 Å². The Labute approximate surface area is 139 Å². The zero-order valence-electron chi connectivity index (χ0n) is 14.2. The third kappa shape index (κ3) is 13.8. The van der Waals surface area contributed by atoms with Crippen LogP contribution in [0.3, 0.4) is 0 Å². The maximum atomic E-state index is 11.4. The molecule has 0 fully saturated rings. The van der Waals surface area contributed by atoms with Gasteiger partial charge in [0.15, 0.2) is 0 Å². The van der Waals surface area contributed by atoms with Gasteiger partial charge in [0.05, 0.1) is 6.10 Å². The van der Waals surface area contributed by atoms with Gasteiger partial charge < -0.3 is 20.8 Å². The summed E-state index contributed by atoms with van der Waals surface area (Å²) in [6.07, 6.45) is 10.4. The predicted molar refractivity (Wildman–Crippen MR) is 91.2 cm³/mol. The highest BCUT2D eigenvalue weighted by Crippen LogP contribution is 2.06. The summed E-state index contributed by atoms with van der Waals surface area (Å²) in [4.78, 5) is 23.3. The Morgan fingerprint density at radius 2 is 1.83 bits per heavy atom. The summed E-state index contributed by atoms with van der Waals surface area (Å²) in [6.45, 7) is 3.07. The first-order chi connectivity index (χ1) is 11.0. The number of carbonyl (C=O) groups is 2. The van der Waals surface area contributed by atoms with E-state index in [0.717, 1.165) is 44.9 Å². The van der Waals surface area contributed by atoms with Crippen LogP contribution in [0.2, 0.25) is 0 Å². The Morgan fingerprint density at radius 3 is 2.43 bits per heavy atom. The van der Waals surface area contributed by atoms with Crippen LogP contribution in [0.4, 0.5) is 4.79 Å². The number of rotatable bonds is 14. The molecule has 0 aromatic rings. The lowest BCUT2D eigenvalue weighted by Gasteiger charge is -2.18.